The Morgan fingerprint density at radius 1 is 1.00 bits per heavy atom. The van der Waals surface area contributed by atoms with Crippen LogP contribution in [-0.4, -0.2) is 34.0 Å². The minimum absolute atomic E-state index is 0.0473. The maximum atomic E-state index is 13.0. The van der Waals surface area contributed by atoms with Gasteiger partial charge in [-0.3, -0.25) is 14.8 Å². The van der Waals surface area contributed by atoms with Crippen molar-refractivity contribution < 1.29 is 14.3 Å². The first kappa shape index (κ1) is 22.0. The van der Waals surface area contributed by atoms with E-state index in [-0.39, 0.29) is 12.0 Å². The molecule has 0 saturated heterocycles. The lowest BCUT2D eigenvalue weighted by atomic mass is 10.1. The Labute approximate surface area is 183 Å². The molecule has 0 radical (unpaired) electrons. The van der Waals surface area contributed by atoms with Crippen molar-refractivity contribution in [3.8, 4) is 11.5 Å². The topological polar surface area (TPSA) is 64.5 Å². The van der Waals surface area contributed by atoms with Gasteiger partial charge < -0.3 is 14.4 Å². The summed E-state index contributed by atoms with van der Waals surface area (Å²) in [7, 11) is 1.60. The number of carbonyl (C=O) groups excluding carboxylic acids is 1. The van der Waals surface area contributed by atoms with E-state index in [0.717, 1.165) is 16.7 Å². The molecule has 6 heteroatoms. The minimum atomic E-state index is -0.0952. The Morgan fingerprint density at radius 3 is 2.45 bits per heavy atom. The second kappa shape index (κ2) is 10.9. The van der Waals surface area contributed by atoms with Gasteiger partial charge in [-0.05, 0) is 66.9 Å². The standard InChI is InChI=1S/C25H27N3O3/c1-19(2)31-23-8-6-20(15-24(23)30-3)7-9-25(29)28(17-21-10-13-26-14-11-21)18-22-5-4-12-27-16-22/h4-16,19H,17-18H2,1-3H3/b9-7+. The Balaban J connectivity index is 1.78. The summed E-state index contributed by atoms with van der Waals surface area (Å²) in [6, 6.07) is 13.3. The van der Waals surface area contributed by atoms with E-state index in [4.69, 9.17) is 9.47 Å². The van der Waals surface area contributed by atoms with Gasteiger partial charge in [0.2, 0.25) is 5.91 Å². The highest BCUT2D eigenvalue weighted by atomic mass is 16.5. The molecule has 0 aliphatic heterocycles. The molecule has 6 nitrogen and oxygen atoms in total. The number of ether oxygens (including phenoxy) is 2. The van der Waals surface area contributed by atoms with Crippen LogP contribution in [0.2, 0.25) is 0 Å². The summed E-state index contributed by atoms with van der Waals surface area (Å²) in [4.78, 5) is 23.0. The Morgan fingerprint density at radius 2 is 1.77 bits per heavy atom. The van der Waals surface area contributed by atoms with Crippen LogP contribution in [0.5, 0.6) is 11.5 Å². The molecule has 1 aromatic carbocycles. The molecule has 160 valence electrons. The summed E-state index contributed by atoms with van der Waals surface area (Å²) in [6.45, 7) is 4.87. The quantitative estimate of drug-likeness (QED) is 0.479. The van der Waals surface area contributed by atoms with E-state index < -0.39 is 0 Å². The SMILES string of the molecule is COc1cc(/C=C/C(=O)N(Cc2ccncc2)Cc2cccnc2)ccc1OC(C)C. The van der Waals surface area contributed by atoms with Crippen LogP contribution in [0.15, 0.2) is 73.3 Å². The number of methoxy groups -OCH3 is 1. The number of hydrogen-bond acceptors (Lipinski definition) is 5. The Hall–Kier alpha value is -3.67. The van der Waals surface area contributed by atoms with Crippen molar-refractivity contribution in [2.24, 2.45) is 0 Å². The molecule has 0 N–H and O–H groups in total. The van der Waals surface area contributed by atoms with Crippen LogP contribution >= 0.6 is 0 Å². The van der Waals surface area contributed by atoms with E-state index in [0.29, 0.717) is 24.6 Å². The molecule has 0 aliphatic carbocycles. The molecular weight excluding hydrogens is 390 g/mol. The molecular formula is C25H27N3O3. The zero-order valence-electron chi connectivity index (χ0n) is 18.1. The third kappa shape index (κ3) is 6.67. The molecule has 2 heterocycles. The van der Waals surface area contributed by atoms with Crippen LogP contribution in [0.3, 0.4) is 0 Å². The summed E-state index contributed by atoms with van der Waals surface area (Å²) in [6.07, 6.45) is 10.4. The number of carbonyl (C=O) groups is 1. The van der Waals surface area contributed by atoms with E-state index >= 15 is 0 Å². The second-order valence-electron chi connectivity index (χ2n) is 7.32. The van der Waals surface area contributed by atoms with Gasteiger partial charge in [0.1, 0.15) is 0 Å². The number of pyridine rings is 2. The van der Waals surface area contributed by atoms with E-state index in [2.05, 4.69) is 9.97 Å². The van der Waals surface area contributed by atoms with Crippen LogP contribution in [-0.2, 0) is 17.9 Å². The number of aromatic nitrogens is 2. The molecule has 0 spiro atoms. The number of hydrogen-bond donors (Lipinski definition) is 0. The smallest absolute Gasteiger partial charge is 0.247 e. The summed E-state index contributed by atoms with van der Waals surface area (Å²) >= 11 is 0. The van der Waals surface area contributed by atoms with Crippen molar-refractivity contribution >= 4 is 12.0 Å². The lowest BCUT2D eigenvalue weighted by molar-refractivity contribution is -0.127. The van der Waals surface area contributed by atoms with Crippen LogP contribution in [0, 0.1) is 0 Å². The molecule has 3 rings (SSSR count). The maximum Gasteiger partial charge on any atom is 0.247 e. The van der Waals surface area contributed by atoms with Crippen LogP contribution in [0.1, 0.15) is 30.5 Å². The van der Waals surface area contributed by atoms with E-state index in [1.165, 1.54) is 0 Å². The van der Waals surface area contributed by atoms with Gasteiger partial charge in [0, 0.05) is 44.0 Å². The minimum Gasteiger partial charge on any atom is -0.493 e. The van der Waals surface area contributed by atoms with Crippen molar-refractivity contribution in [1.82, 2.24) is 14.9 Å². The van der Waals surface area contributed by atoms with E-state index in [9.17, 15) is 4.79 Å². The zero-order valence-corrected chi connectivity index (χ0v) is 18.1. The van der Waals surface area contributed by atoms with Crippen LogP contribution < -0.4 is 9.47 Å². The summed E-state index contributed by atoms with van der Waals surface area (Å²) < 4.78 is 11.2. The monoisotopic (exact) mass is 417 g/mol. The fourth-order valence-corrected chi connectivity index (χ4v) is 3.04. The lowest BCUT2D eigenvalue weighted by Crippen LogP contribution is -2.28. The Kier molecular flexibility index (Phi) is 7.76. The molecule has 0 aliphatic rings. The van der Waals surface area contributed by atoms with Gasteiger partial charge in [0.05, 0.1) is 13.2 Å². The first-order valence-corrected chi connectivity index (χ1v) is 10.1. The molecule has 0 atom stereocenters. The van der Waals surface area contributed by atoms with Crippen LogP contribution in [0.4, 0.5) is 0 Å². The second-order valence-corrected chi connectivity index (χ2v) is 7.32. The lowest BCUT2D eigenvalue weighted by Gasteiger charge is -2.21. The number of rotatable bonds is 9. The maximum absolute atomic E-state index is 13.0. The molecule has 0 bridgehead atoms. The van der Waals surface area contributed by atoms with Gasteiger partial charge in [-0.2, -0.15) is 0 Å². The largest absolute Gasteiger partial charge is 0.493 e. The fraction of sp³-hybridized carbons (Fsp3) is 0.240. The van der Waals surface area contributed by atoms with Gasteiger partial charge in [-0.15, -0.1) is 0 Å². The van der Waals surface area contributed by atoms with Crippen LogP contribution in [0.25, 0.3) is 6.08 Å². The van der Waals surface area contributed by atoms with Gasteiger partial charge in [-0.25, -0.2) is 0 Å². The molecule has 2 aromatic heterocycles. The Bertz CT molecular complexity index is 964. The fourth-order valence-electron chi connectivity index (χ4n) is 3.04. The van der Waals surface area contributed by atoms with Crippen molar-refractivity contribution in [2.75, 3.05) is 7.11 Å². The molecule has 31 heavy (non-hydrogen) atoms. The van der Waals surface area contributed by atoms with Gasteiger partial charge in [0.15, 0.2) is 11.5 Å². The van der Waals surface area contributed by atoms with Gasteiger partial charge in [-0.1, -0.05) is 12.1 Å². The molecule has 0 fully saturated rings. The first-order chi connectivity index (χ1) is 15.0. The predicted octanol–water partition coefficient (Wildman–Crippen LogP) is 4.51. The normalized spacial score (nSPS) is 11.0. The molecule has 3 aromatic rings. The zero-order chi connectivity index (χ0) is 22.1. The van der Waals surface area contributed by atoms with E-state index in [1.54, 1.807) is 48.9 Å². The first-order valence-electron chi connectivity index (χ1n) is 10.1. The highest BCUT2D eigenvalue weighted by molar-refractivity contribution is 5.91. The number of benzene rings is 1. The van der Waals surface area contributed by atoms with Crippen molar-refractivity contribution in [2.45, 2.75) is 33.0 Å². The van der Waals surface area contributed by atoms with E-state index in [1.807, 2.05) is 56.3 Å². The molecule has 1 amide bonds. The summed E-state index contributed by atoms with van der Waals surface area (Å²) in [5.74, 6) is 1.21. The molecule has 0 saturated carbocycles. The van der Waals surface area contributed by atoms with Crippen molar-refractivity contribution in [1.29, 1.82) is 0 Å². The van der Waals surface area contributed by atoms with Gasteiger partial charge >= 0.3 is 0 Å². The highest BCUT2D eigenvalue weighted by Crippen LogP contribution is 2.29. The highest BCUT2D eigenvalue weighted by Gasteiger charge is 2.13. The third-order valence-electron chi connectivity index (χ3n) is 4.50. The predicted molar refractivity (Wildman–Crippen MR) is 121 cm³/mol. The average molecular weight is 418 g/mol. The average Bonchev–Trinajstić information content (AvgIpc) is 2.78. The van der Waals surface area contributed by atoms with Gasteiger partial charge in [0.25, 0.3) is 0 Å². The van der Waals surface area contributed by atoms with Crippen molar-refractivity contribution in [3.05, 3.63) is 90.0 Å². The molecule has 0 unspecified atom stereocenters. The number of nitrogens with zero attached hydrogens (tertiary/aromatic N) is 3. The number of amides is 1. The third-order valence-corrected chi connectivity index (χ3v) is 4.50. The summed E-state index contributed by atoms with van der Waals surface area (Å²) in [5.41, 5.74) is 2.83. The van der Waals surface area contributed by atoms with Crippen molar-refractivity contribution in [3.63, 3.8) is 0 Å². The summed E-state index contributed by atoms with van der Waals surface area (Å²) in [5, 5.41) is 0.